The van der Waals surface area contributed by atoms with Crippen LogP contribution in [0.1, 0.15) is 26.7 Å². The fourth-order valence-electron chi connectivity index (χ4n) is 2.32. The summed E-state index contributed by atoms with van der Waals surface area (Å²) in [7, 11) is 1.71. The minimum absolute atomic E-state index is 0.130. The summed E-state index contributed by atoms with van der Waals surface area (Å²) in [6, 6.07) is -0.204. The number of alkyl halides is 3. The Balaban J connectivity index is 2.74. The van der Waals surface area contributed by atoms with Crippen LogP contribution < -0.4 is 5.32 Å². The fourth-order valence-corrected chi connectivity index (χ4v) is 2.32. The van der Waals surface area contributed by atoms with Gasteiger partial charge in [0.05, 0.1) is 18.7 Å². The second kappa shape index (κ2) is 5.75. The number of aliphatic hydroxyl groups is 1. The number of likely N-dealkylation sites (N-methyl/N-ethyl adjacent to an activating group) is 1. The van der Waals surface area contributed by atoms with Gasteiger partial charge >= 0.3 is 6.18 Å². The monoisotopic (exact) mass is 268 g/mol. The first-order valence-corrected chi connectivity index (χ1v) is 6.34. The van der Waals surface area contributed by atoms with E-state index in [1.54, 1.807) is 20.9 Å². The molecule has 1 atom stereocenters. The molecule has 1 unspecified atom stereocenters. The molecule has 1 aliphatic rings. The van der Waals surface area contributed by atoms with E-state index in [2.05, 4.69) is 5.32 Å². The molecule has 1 aliphatic carbocycles. The smallest absolute Gasteiger partial charge is 0.394 e. The van der Waals surface area contributed by atoms with Crippen LogP contribution in [-0.2, 0) is 0 Å². The number of hydrogen-bond donors (Lipinski definition) is 2. The van der Waals surface area contributed by atoms with Gasteiger partial charge in [0.15, 0.2) is 0 Å². The van der Waals surface area contributed by atoms with E-state index in [1.807, 2.05) is 0 Å². The third kappa shape index (κ3) is 4.10. The van der Waals surface area contributed by atoms with Gasteiger partial charge in [0, 0.05) is 12.6 Å². The summed E-state index contributed by atoms with van der Waals surface area (Å²) in [5.41, 5.74) is -0.602. The van der Waals surface area contributed by atoms with Crippen LogP contribution >= 0.6 is 0 Å². The van der Waals surface area contributed by atoms with Crippen molar-refractivity contribution in [2.24, 2.45) is 5.92 Å². The Morgan fingerprint density at radius 3 is 2.11 bits per heavy atom. The van der Waals surface area contributed by atoms with E-state index in [-0.39, 0.29) is 25.1 Å². The number of hydrogen-bond acceptors (Lipinski definition) is 3. The van der Waals surface area contributed by atoms with Crippen LogP contribution in [0.5, 0.6) is 0 Å². The van der Waals surface area contributed by atoms with Crippen molar-refractivity contribution in [1.29, 1.82) is 0 Å². The molecule has 0 radical (unpaired) electrons. The van der Waals surface area contributed by atoms with Gasteiger partial charge in [-0.05, 0) is 39.7 Å². The Kier molecular flexibility index (Phi) is 5.03. The Morgan fingerprint density at radius 1 is 1.28 bits per heavy atom. The fraction of sp³-hybridized carbons (Fsp3) is 1.00. The Labute approximate surface area is 106 Å². The summed E-state index contributed by atoms with van der Waals surface area (Å²) in [5.74, 6) is 0.280. The first-order chi connectivity index (χ1) is 8.24. The van der Waals surface area contributed by atoms with Crippen molar-refractivity contribution in [2.45, 2.75) is 44.4 Å². The van der Waals surface area contributed by atoms with E-state index in [4.69, 9.17) is 0 Å². The van der Waals surface area contributed by atoms with Gasteiger partial charge in [0.1, 0.15) is 0 Å². The van der Waals surface area contributed by atoms with Gasteiger partial charge in [-0.25, -0.2) is 0 Å². The van der Waals surface area contributed by atoms with E-state index in [0.29, 0.717) is 0 Å². The number of rotatable bonds is 7. The summed E-state index contributed by atoms with van der Waals surface area (Å²) in [6.45, 7) is 2.66. The zero-order valence-electron chi connectivity index (χ0n) is 11.2. The molecule has 6 heteroatoms. The normalized spacial score (nSPS) is 20.5. The van der Waals surface area contributed by atoms with E-state index in [9.17, 15) is 18.3 Å². The van der Waals surface area contributed by atoms with E-state index < -0.39 is 18.3 Å². The summed E-state index contributed by atoms with van der Waals surface area (Å²) in [6.07, 6.45) is -2.26. The van der Waals surface area contributed by atoms with Crippen molar-refractivity contribution in [3.63, 3.8) is 0 Å². The van der Waals surface area contributed by atoms with Gasteiger partial charge in [0.2, 0.25) is 0 Å². The van der Waals surface area contributed by atoms with Gasteiger partial charge in [0.25, 0.3) is 0 Å². The summed E-state index contributed by atoms with van der Waals surface area (Å²) in [4.78, 5) is 1.38. The number of nitrogens with zero attached hydrogens (tertiary/aromatic N) is 1. The third-order valence-corrected chi connectivity index (χ3v) is 3.74. The summed E-state index contributed by atoms with van der Waals surface area (Å²) >= 11 is 0. The molecule has 1 saturated carbocycles. The molecule has 0 heterocycles. The topological polar surface area (TPSA) is 35.5 Å². The van der Waals surface area contributed by atoms with Crippen LogP contribution in [0.25, 0.3) is 0 Å². The van der Waals surface area contributed by atoms with Crippen LogP contribution in [0.2, 0.25) is 0 Å². The van der Waals surface area contributed by atoms with Crippen molar-refractivity contribution in [2.75, 3.05) is 26.7 Å². The molecule has 18 heavy (non-hydrogen) atoms. The highest BCUT2D eigenvalue weighted by Gasteiger charge is 2.46. The lowest BCUT2D eigenvalue weighted by molar-refractivity contribution is -0.152. The SMILES string of the molecule is CNC(CO)(CN(CC(F)(F)F)C(C)C)C1CC1. The maximum atomic E-state index is 12.5. The second-order valence-electron chi connectivity index (χ2n) is 5.45. The molecule has 2 N–H and O–H groups in total. The standard InChI is InChI=1S/C12H23F3N2O/c1-9(2)17(7-12(13,14)15)6-11(8-18,16-3)10-4-5-10/h9-10,16,18H,4-8H2,1-3H3. The van der Waals surface area contributed by atoms with Crippen LogP contribution in [0.3, 0.4) is 0 Å². The first kappa shape index (κ1) is 15.7. The van der Waals surface area contributed by atoms with Crippen molar-refractivity contribution in [3.05, 3.63) is 0 Å². The number of nitrogens with one attached hydrogen (secondary N) is 1. The molecule has 0 amide bonds. The maximum Gasteiger partial charge on any atom is 0.401 e. The highest BCUT2D eigenvalue weighted by molar-refractivity contribution is 5.02. The average Bonchev–Trinajstić information content (AvgIpc) is 3.06. The van der Waals surface area contributed by atoms with Crippen molar-refractivity contribution < 1.29 is 18.3 Å². The predicted molar refractivity (Wildman–Crippen MR) is 64.4 cm³/mol. The first-order valence-electron chi connectivity index (χ1n) is 6.34. The molecule has 1 fully saturated rings. The Hall–Kier alpha value is -0.330. The van der Waals surface area contributed by atoms with E-state index in [0.717, 1.165) is 12.8 Å². The molecular formula is C12H23F3N2O. The minimum Gasteiger partial charge on any atom is -0.394 e. The Morgan fingerprint density at radius 2 is 1.83 bits per heavy atom. The highest BCUT2D eigenvalue weighted by atomic mass is 19.4. The number of aliphatic hydroxyl groups excluding tert-OH is 1. The molecule has 0 aromatic carbocycles. The van der Waals surface area contributed by atoms with Crippen LogP contribution in [0, 0.1) is 5.92 Å². The molecule has 0 bridgehead atoms. The lowest BCUT2D eigenvalue weighted by Crippen LogP contribution is -2.59. The zero-order valence-corrected chi connectivity index (χ0v) is 11.2. The predicted octanol–water partition coefficient (Wildman–Crippen LogP) is 1.62. The van der Waals surface area contributed by atoms with Crippen molar-refractivity contribution >= 4 is 0 Å². The largest absolute Gasteiger partial charge is 0.401 e. The van der Waals surface area contributed by atoms with Gasteiger partial charge in [-0.3, -0.25) is 4.90 Å². The molecule has 1 rings (SSSR count). The minimum atomic E-state index is -4.21. The molecule has 0 aliphatic heterocycles. The van der Waals surface area contributed by atoms with Gasteiger partial charge < -0.3 is 10.4 Å². The molecule has 0 aromatic heterocycles. The lowest BCUT2D eigenvalue weighted by Gasteiger charge is -2.39. The molecule has 0 saturated heterocycles. The molecule has 0 spiro atoms. The van der Waals surface area contributed by atoms with Crippen molar-refractivity contribution in [3.8, 4) is 0 Å². The summed E-state index contributed by atoms with van der Waals surface area (Å²) < 4.78 is 37.6. The lowest BCUT2D eigenvalue weighted by atomic mass is 9.93. The van der Waals surface area contributed by atoms with Crippen LogP contribution in [0.15, 0.2) is 0 Å². The third-order valence-electron chi connectivity index (χ3n) is 3.74. The number of halogens is 3. The molecule has 108 valence electrons. The molecule has 3 nitrogen and oxygen atoms in total. The average molecular weight is 268 g/mol. The maximum absolute atomic E-state index is 12.5. The van der Waals surface area contributed by atoms with Crippen LogP contribution in [-0.4, -0.2) is 54.5 Å². The summed E-state index contributed by atoms with van der Waals surface area (Å²) in [5, 5.41) is 12.6. The van der Waals surface area contributed by atoms with E-state index in [1.165, 1.54) is 4.90 Å². The quantitative estimate of drug-likeness (QED) is 0.736. The zero-order chi connectivity index (χ0) is 14.0. The second-order valence-corrected chi connectivity index (χ2v) is 5.45. The highest BCUT2D eigenvalue weighted by Crippen LogP contribution is 2.40. The van der Waals surface area contributed by atoms with Crippen molar-refractivity contribution in [1.82, 2.24) is 10.2 Å². The van der Waals surface area contributed by atoms with Crippen LogP contribution in [0.4, 0.5) is 13.2 Å². The molecular weight excluding hydrogens is 245 g/mol. The van der Waals surface area contributed by atoms with E-state index >= 15 is 0 Å². The van der Waals surface area contributed by atoms with Gasteiger partial charge in [-0.2, -0.15) is 13.2 Å². The van der Waals surface area contributed by atoms with Gasteiger partial charge in [-0.15, -0.1) is 0 Å². The molecule has 0 aromatic rings. The van der Waals surface area contributed by atoms with Gasteiger partial charge in [-0.1, -0.05) is 0 Å². The Bertz CT molecular complexity index is 261.